The Hall–Kier alpha value is -3.21. The molecule has 0 radical (unpaired) electrons. The summed E-state index contributed by atoms with van der Waals surface area (Å²) in [5, 5.41) is 17.0. The lowest BCUT2D eigenvalue weighted by molar-refractivity contribution is -0.124. The highest BCUT2D eigenvalue weighted by Crippen LogP contribution is 2.48. The highest BCUT2D eigenvalue weighted by Gasteiger charge is 2.50. The number of likely N-dealkylation sites (tertiary alicyclic amines) is 1. The molecule has 7 heteroatoms. The minimum atomic E-state index is -0.511. The highest BCUT2D eigenvalue weighted by atomic mass is 19.1. The molecule has 3 fully saturated rings. The molecule has 2 aromatic rings. The van der Waals surface area contributed by atoms with Gasteiger partial charge in [-0.05, 0) is 106 Å². The maximum Gasteiger partial charge on any atom is 0.237 e. The number of rotatable bonds is 6. The quantitative estimate of drug-likeness (QED) is 0.579. The SMILES string of the molecule is C/C=C(\N[C@H](C#N)Cc1ccc(-c2ccc3c(c2)C2(CCN(C)CC2)C(=O)N3C)cc1F)C1NC2CCC1C2. The summed E-state index contributed by atoms with van der Waals surface area (Å²) in [5.74, 6) is 0.470. The number of hydrogen-bond acceptors (Lipinski definition) is 5. The number of amides is 1. The number of nitriles is 1. The van der Waals surface area contributed by atoms with Crippen LogP contribution in [0.15, 0.2) is 48.2 Å². The molecule has 2 N–H and O–H groups in total. The number of benzene rings is 2. The first-order chi connectivity index (χ1) is 18.8. The van der Waals surface area contributed by atoms with Crippen LogP contribution in [0.1, 0.15) is 50.2 Å². The summed E-state index contributed by atoms with van der Waals surface area (Å²) in [6.07, 6.45) is 7.58. The smallest absolute Gasteiger partial charge is 0.237 e. The maximum atomic E-state index is 15.4. The number of carbonyl (C=O) groups excluding carboxylic acids is 1. The summed E-state index contributed by atoms with van der Waals surface area (Å²) < 4.78 is 15.4. The van der Waals surface area contributed by atoms with Crippen molar-refractivity contribution in [1.29, 1.82) is 5.26 Å². The molecule has 4 atom stereocenters. The summed E-state index contributed by atoms with van der Waals surface area (Å²) in [6, 6.07) is 14.0. The van der Waals surface area contributed by atoms with Crippen LogP contribution in [0.25, 0.3) is 11.1 Å². The lowest BCUT2D eigenvalue weighted by Gasteiger charge is -2.36. The number of piperidine rings is 2. The van der Waals surface area contributed by atoms with Crippen molar-refractivity contribution >= 4 is 11.6 Å². The van der Waals surface area contributed by atoms with Crippen molar-refractivity contribution in [3.8, 4) is 17.2 Å². The van der Waals surface area contributed by atoms with Gasteiger partial charge in [0.2, 0.25) is 5.91 Å². The Morgan fingerprint density at radius 3 is 2.59 bits per heavy atom. The second-order valence-electron chi connectivity index (χ2n) is 12.0. The molecule has 2 saturated heterocycles. The van der Waals surface area contributed by atoms with Gasteiger partial charge in [0.05, 0.1) is 11.5 Å². The predicted molar refractivity (Wildman–Crippen MR) is 152 cm³/mol. The summed E-state index contributed by atoms with van der Waals surface area (Å²) in [7, 11) is 3.95. The molecule has 1 spiro atoms. The van der Waals surface area contributed by atoms with Crippen LogP contribution in [-0.4, -0.2) is 56.1 Å². The number of fused-ring (bicyclic) bond motifs is 4. The Labute approximate surface area is 230 Å². The molecule has 204 valence electrons. The van der Waals surface area contributed by atoms with Crippen molar-refractivity contribution < 1.29 is 9.18 Å². The van der Waals surface area contributed by atoms with Gasteiger partial charge in [-0.15, -0.1) is 0 Å². The van der Waals surface area contributed by atoms with Gasteiger partial charge < -0.3 is 20.4 Å². The molecule has 3 aliphatic heterocycles. The number of halogens is 1. The van der Waals surface area contributed by atoms with Crippen LogP contribution in [-0.2, 0) is 16.6 Å². The van der Waals surface area contributed by atoms with E-state index in [0.29, 0.717) is 23.9 Å². The van der Waals surface area contributed by atoms with E-state index in [1.165, 1.54) is 19.3 Å². The predicted octanol–water partition coefficient (Wildman–Crippen LogP) is 4.50. The van der Waals surface area contributed by atoms with Gasteiger partial charge in [0.1, 0.15) is 11.9 Å². The lowest BCUT2D eigenvalue weighted by Crippen LogP contribution is -2.47. The molecular formula is C32H38FN5O. The van der Waals surface area contributed by atoms with Crippen molar-refractivity contribution in [2.24, 2.45) is 5.92 Å². The van der Waals surface area contributed by atoms with Gasteiger partial charge in [0.15, 0.2) is 0 Å². The Kier molecular flexibility index (Phi) is 6.73. The van der Waals surface area contributed by atoms with E-state index in [4.69, 9.17) is 0 Å². The molecule has 2 bridgehead atoms. The van der Waals surface area contributed by atoms with E-state index in [-0.39, 0.29) is 17.8 Å². The van der Waals surface area contributed by atoms with E-state index in [2.05, 4.69) is 40.8 Å². The minimum absolute atomic E-state index is 0.167. The van der Waals surface area contributed by atoms with Gasteiger partial charge in [-0.2, -0.15) is 5.26 Å². The number of anilines is 1. The van der Waals surface area contributed by atoms with Gasteiger partial charge in [0, 0.05) is 36.9 Å². The van der Waals surface area contributed by atoms with Crippen molar-refractivity contribution in [2.75, 3.05) is 32.1 Å². The van der Waals surface area contributed by atoms with Crippen molar-refractivity contribution in [1.82, 2.24) is 15.5 Å². The minimum Gasteiger partial charge on any atom is -0.372 e. The standard InChI is InChI=1S/C32H38FN5O/c1-4-28(30-23-7-9-24(16-23)36-30)35-25(19-34)15-22-6-5-21(18-27(22)33)20-8-10-29-26(17-20)32(31(39)38(29)3)11-13-37(2)14-12-32/h4-6,8,10,17-18,23-25,30,35-36H,7,9,11-16H2,1-3H3/b28-4-/t23?,24?,25-,30?/m0/s1. The first kappa shape index (κ1) is 26.0. The van der Waals surface area contributed by atoms with Crippen LogP contribution < -0.4 is 15.5 Å². The van der Waals surface area contributed by atoms with Gasteiger partial charge >= 0.3 is 0 Å². The fraction of sp³-hybridized carbons (Fsp3) is 0.500. The fourth-order valence-electron chi connectivity index (χ4n) is 7.42. The Morgan fingerprint density at radius 2 is 1.95 bits per heavy atom. The third-order valence-corrected chi connectivity index (χ3v) is 9.74. The molecule has 39 heavy (non-hydrogen) atoms. The van der Waals surface area contributed by atoms with E-state index in [0.717, 1.165) is 54.0 Å². The third kappa shape index (κ3) is 4.44. The molecular weight excluding hydrogens is 489 g/mol. The van der Waals surface area contributed by atoms with Crippen LogP contribution in [0.5, 0.6) is 0 Å². The third-order valence-electron chi connectivity index (χ3n) is 9.74. The summed E-state index contributed by atoms with van der Waals surface area (Å²) in [4.78, 5) is 17.4. The van der Waals surface area contributed by atoms with E-state index < -0.39 is 11.5 Å². The Morgan fingerprint density at radius 1 is 1.21 bits per heavy atom. The van der Waals surface area contributed by atoms with Crippen molar-refractivity contribution in [3.63, 3.8) is 0 Å². The number of nitrogens with zero attached hydrogens (tertiary/aromatic N) is 3. The Balaban J connectivity index is 1.21. The molecule has 2 aromatic carbocycles. The second-order valence-corrected chi connectivity index (χ2v) is 12.0. The molecule has 6 nitrogen and oxygen atoms in total. The lowest BCUT2D eigenvalue weighted by atomic mass is 9.73. The zero-order chi connectivity index (χ0) is 27.3. The molecule has 1 aliphatic carbocycles. The fourth-order valence-corrected chi connectivity index (χ4v) is 7.42. The molecule has 3 unspecified atom stereocenters. The molecule has 1 saturated carbocycles. The van der Waals surface area contributed by atoms with Gasteiger partial charge in [-0.3, -0.25) is 4.79 Å². The maximum absolute atomic E-state index is 15.4. The number of carbonyl (C=O) groups is 1. The van der Waals surface area contributed by atoms with Crippen molar-refractivity contribution in [3.05, 3.63) is 65.1 Å². The normalized spacial score (nSPS) is 26.6. The van der Waals surface area contributed by atoms with E-state index in [1.807, 2.05) is 32.2 Å². The zero-order valence-electron chi connectivity index (χ0n) is 23.1. The molecule has 1 amide bonds. The number of hydrogen-bond donors (Lipinski definition) is 2. The average molecular weight is 528 g/mol. The number of nitrogens with one attached hydrogen (secondary N) is 2. The second kappa shape index (κ2) is 10.1. The molecule has 0 aromatic heterocycles. The van der Waals surface area contributed by atoms with Gasteiger partial charge in [-0.25, -0.2) is 4.39 Å². The molecule has 4 aliphatic rings. The summed E-state index contributed by atoms with van der Waals surface area (Å²) in [6.45, 7) is 3.76. The van der Waals surface area contributed by atoms with Crippen molar-refractivity contribution in [2.45, 2.75) is 69.0 Å². The largest absolute Gasteiger partial charge is 0.372 e. The Bertz CT molecular complexity index is 1350. The van der Waals surface area contributed by atoms with Crippen LogP contribution in [0.2, 0.25) is 0 Å². The van der Waals surface area contributed by atoms with E-state index in [1.54, 1.807) is 17.0 Å². The van der Waals surface area contributed by atoms with Crippen LogP contribution >= 0.6 is 0 Å². The van der Waals surface area contributed by atoms with Crippen LogP contribution in [0, 0.1) is 23.1 Å². The van der Waals surface area contributed by atoms with Crippen LogP contribution in [0.4, 0.5) is 10.1 Å². The number of likely N-dealkylation sites (N-methyl/N-ethyl adjacent to an activating group) is 1. The van der Waals surface area contributed by atoms with Gasteiger partial charge in [-0.1, -0.05) is 24.3 Å². The first-order valence-electron chi connectivity index (χ1n) is 14.3. The highest BCUT2D eigenvalue weighted by molar-refractivity contribution is 6.08. The average Bonchev–Trinajstić information content (AvgIpc) is 3.64. The molecule has 6 rings (SSSR count). The number of allylic oxidation sites excluding steroid dienone is 1. The summed E-state index contributed by atoms with van der Waals surface area (Å²) >= 11 is 0. The topological polar surface area (TPSA) is 71.4 Å². The van der Waals surface area contributed by atoms with E-state index in [9.17, 15) is 10.1 Å². The first-order valence-corrected chi connectivity index (χ1v) is 14.3. The van der Waals surface area contributed by atoms with Gasteiger partial charge in [0.25, 0.3) is 0 Å². The molecule has 3 heterocycles. The van der Waals surface area contributed by atoms with Crippen LogP contribution in [0.3, 0.4) is 0 Å². The zero-order valence-corrected chi connectivity index (χ0v) is 23.1. The monoisotopic (exact) mass is 527 g/mol. The summed E-state index contributed by atoms with van der Waals surface area (Å²) in [5.41, 5.74) is 4.79. The van der Waals surface area contributed by atoms with E-state index >= 15 is 4.39 Å².